The smallest absolute Gasteiger partial charge is 0.228 e. The minimum absolute atomic E-state index is 0.0574. The van der Waals surface area contributed by atoms with Crippen LogP contribution in [0.5, 0.6) is 0 Å². The fourth-order valence-corrected chi connectivity index (χ4v) is 2.15. The van der Waals surface area contributed by atoms with Gasteiger partial charge in [-0.1, -0.05) is 42.5 Å². The van der Waals surface area contributed by atoms with E-state index in [4.69, 9.17) is 5.73 Å². The average Bonchev–Trinajstić information content (AvgIpc) is 2.47. The number of para-hydroxylation sites is 1. The van der Waals surface area contributed by atoms with Crippen LogP contribution in [0.25, 0.3) is 0 Å². The maximum Gasteiger partial charge on any atom is 0.228 e. The van der Waals surface area contributed by atoms with Crippen LogP contribution in [0.1, 0.15) is 17.5 Å². The van der Waals surface area contributed by atoms with E-state index in [1.807, 2.05) is 42.5 Å². The standard InChI is InChI=1S/C17H20N2O/c1-14-7-5-6-8-15(14)13-19(17(20)11-12-18)16-9-3-2-4-10-16/h2-10H,11-13,18H2,1H3. The van der Waals surface area contributed by atoms with Crippen LogP contribution in [0.2, 0.25) is 0 Å². The number of anilines is 1. The lowest BCUT2D eigenvalue weighted by Crippen LogP contribution is -2.32. The van der Waals surface area contributed by atoms with Crippen LogP contribution in [-0.2, 0) is 11.3 Å². The van der Waals surface area contributed by atoms with Gasteiger partial charge in [0, 0.05) is 18.7 Å². The number of amides is 1. The third-order valence-electron chi connectivity index (χ3n) is 3.32. The summed E-state index contributed by atoms with van der Waals surface area (Å²) in [6, 6.07) is 17.9. The second-order valence-electron chi connectivity index (χ2n) is 4.78. The van der Waals surface area contributed by atoms with Gasteiger partial charge in [0.25, 0.3) is 0 Å². The summed E-state index contributed by atoms with van der Waals surface area (Å²) in [7, 11) is 0. The molecule has 0 atom stereocenters. The molecule has 0 radical (unpaired) electrons. The predicted octanol–water partition coefficient (Wildman–Crippen LogP) is 2.88. The third kappa shape index (κ3) is 3.45. The highest BCUT2D eigenvalue weighted by atomic mass is 16.2. The molecule has 0 bridgehead atoms. The lowest BCUT2D eigenvalue weighted by atomic mass is 10.1. The second-order valence-corrected chi connectivity index (χ2v) is 4.78. The lowest BCUT2D eigenvalue weighted by molar-refractivity contribution is -0.118. The van der Waals surface area contributed by atoms with Crippen molar-refractivity contribution in [2.24, 2.45) is 5.73 Å². The summed E-state index contributed by atoms with van der Waals surface area (Å²) >= 11 is 0. The summed E-state index contributed by atoms with van der Waals surface area (Å²) in [6.07, 6.45) is 0.362. The molecule has 3 nitrogen and oxygen atoms in total. The number of hydrogen-bond donors (Lipinski definition) is 1. The maximum absolute atomic E-state index is 12.3. The molecular weight excluding hydrogens is 248 g/mol. The Morgan fingerprint density at radius 3 is 2.35 bits per heavy atom. The topological polar surface area (TPSA) is 46.3 Å². The zero-order chi connectivity index (χ0) is 14.4. The molecule has 0 unspecified atom stereocenters. The number of carbonyl (C=O) groups excluding carboxylic acids is 1. The van der Waals surface area contributed by atoms with Gasteiger partial charge in [-0.05, 0) is 30.2 Å². The molecule has 2 N–H and O–H groups in total. The van der Waals surface area contributed by atoms with Crippen LogP contribution < -0.4 is 10.6 Å². The minimum atomic E-state index is 0.0574. The van der Waals surface area contributed by atoms with Crippen molar-refractivity contribution in [2.45, 2.75) is 19.9 Å². The quantitative estimate of drug-likeness (QED) is 0.906. The summed E-state index contributed by atoms with van der Waals surface area (Å²) in [5, 5.41) is 0. The maximum atomic E-state index is 12.3. The van der Waals surface area contributed by atoms with E-state index in [1.54, 1.807) is 4.90 Å². The van der Waals surface area contributed by atoms with Gasteiger partial charge in [-0.3, -0.25) is 4.79 Å². The Bertz CT molecular complexity index is 566. The average molecular weight is 268 g/mol. The van der Waals surface area contributed by atoms with Crippen LogP contribution in [-0.4, -0.2) is 12.5 Å². The Hall–Kier alpha value is -2.13. The zero-order valence-electron chi connectivity index (χ0n) is 11.8. The van der Waals surface area contributed by atoms with Gasteiger partial charge in [0.15, 0.2) is 0 Å². The van der Waals surface area contributed by atoms with Gasteiger partial charge in [-0.2, -0.15) is 0 Å². The van der Waals surface area contributed by atoms with Crippen molar-refractivity contribution in [3.8, 4) is 0 Å². The van der Waals surface area contributed by atoms with Crippen molar-refractivity contribution in [1.82, 2.24) is 0 Å². The first-order valence-corrected chi connectivity index (χ1v) is 6.82. The van der Waals surface area contributed by atoms with Crippen LogP contribution >= 0.6 is 0 Å². The Labute approximate surface area is 120 Å². The van der Waals surface area contributed by atoms with E-state index in [1.165, 1.54) is 5.56 Å². The van der Waals surface area contributed by atoms with Crippen molar-refractivity contribution in [2.75, 3.05) is 11.4 Å². The molecule has 104 valence electrons. The highest BCUT2D eigenvalue weighted by molar-refractivity contribution is 5.93. The molecular formula is C17H20N2O. The van der Waals surface area contributed by atoms with Gasteiger partial charge in [-0.15, -0.1) is 0 Å². The third-order valence-corrected chi connectivity index (χ3v) is 3.32. The summed E-state index contributed by atoms with van der Waals surface area (Å²) in [5.41, 5.74) is 8.78. The van der Waals surface area contributed by atoms with Crippen LogP contribution in [0.3, 0.4) is 0 Å². The normalized spacial score (nSPS) is 10.3. The number of nitrogens with zero attached hydrogens (tertiary/aromatic N) is 1. The number of carbonyl (C=O) groups is 1. The monoisotopic (exact) mass is 268 g/mol. The molecule has 0 heterocycles. The fourth-order valence-electron chi connectivity index (χ4n) is 2.15. The first-order valence-electron chi connectivity index (χ1n) is 6.82. The van der Waals surface area contributed by atoms with Crippen molar-refractivity contribution in [1.29, 1.82) is 0 Å². The molecule has 0 spiro atoms. The van der Waals surface area contributed by atoms with Crippen molar-refractivity contribution in [3.05, 3.63) is 65.7 Å². The van der Waals surface area contributed by atoms with Crippen molar-refractivity contribution >= 4 is 11.6 Å². The Morgan fingerprint density at radius 1 is 1.05 bits per heavy atom. The molecule has 0 fully saturated rings. The molecule has 20 heavy (non-hydrogen) atoms. The molecule has 2 aromatic carbocycles. The number of hydrogen-bond acceptors (Lipinski definition) is 2. The number of aryl methyl sites for hydroxylation is 1. The summed E-state index contributed by atoms with van der Waals surface area (Å²) in [4.78, 5) is 14.1. The largest absolute Gasteiger partial charge is 0.330 e. The highest BCUT2D eigenvalue weighted by Crippen LogP contribution is 2.19. The van der Waals surface area contributed by atoms with Crippen LogP contribution in [0.15, 0.2) is 54.6 Å². The minimum Gasteiger partial charge on any atom is -0.330 e. The highest BCUT2D eigenvalue weighted by Gasteiger charge is 2.15. The number of rotatable bonds is 5. The Balaban J connectivity index is 2.28. The van der Waals surface area contributed by atoms with Crippen molar-refractivity contribution < 1.29 is 4.79 Å². The van der Waals surface area contributed by atoms with Gasteiger partial charge < -0.3 is 10.6 Å². The van der Waals surface area contributed by atoms with E-state index in [0.717, 1.165) is 11.3 Å². The SMILES string of the molecule is Cc1ccccc1CN(C(=O)CCN)c1ccccc1. The molecule has 3 heteroatoms. The van der Waals surface area contributed by atoms with Crippen LogP contribution in [0.4, 0.5) is 5.69 Å². The molecule has 0 aromatic heterocycles. The molecule has 0 saturated heterocycles. The Kier molecular flexibility index (Phi) is 4.91. The van der Waals surface area contributed by atoms with Gasteiger partial charge in [0.1, 0.15) is 0 Å². The first-order chi connectivity index (χ1) is 9.72. The fraction of sp³-hybridized carbons (Fsp3) is 0.235. The molecule has 2 rings (SSSR count). The molecule has 1 amide bonds. The van der Waals surface area contributed by atoms with Gasteiger partial charge in [0.2, 0.25) is 5.91 Å². The molecule has 2 aromatic rings. The van der Waals surface area contributed by atoms with E-state index in [0.29, 0.717) is 19.5 Å². The number of benzene rings is 2. The summed E-state index contributed by atoms with van der Waals surface area (Å²) in [6.45, 7) is 3.01. The first kappa shape index (κ1) is 14.3. The van der Waals surface area contributed by atoms with Gasteiger partial charge in [0.05, 0.1) is 6.54 Å². The molecule has 0 aliphatic heterocycles. The second kappa shape index (κ2) is 6.87. The van der Waals surface area contributed by atoms with Gasteiger partial charge >= 0.3 is 0 Å². The predicted molar refractivity (Wildman–Crippen MR) is 82.5 cm³/mol. The van der Waals surface area contributed by atoms with Crippen LogP contribution in [0, 0.1) is 6.92 Å². The number of nitrogens with two attached hydrogens (primary N) is 1. The summed E-state index contributed by atoms with van der Waals surface area (Å²) < 4.78 is 0. The van der Waals surface area contributed by atoms with Crippen molar-refractivity contribution in [3.63, 3.8) is 0 Å². The van der Waals surface area contributed by atoms with E-state index < -0.39 is 0 Å². The van der Waals surface area contributed by atoms with Gasteiger partial charge in [-0.25, -0.2) is 0 Å². The van der Waals surface area contributed by atoms with E-state index in [-0.39, 0.29) is 5.91 Å². The molecule has 0 aliphatic carbocycles. The lowest BCUT2D eigenvalue weighted by Gasteiger charge is -2.23. The Morgan fingerprint density at radius 2 is 1.70 bits per heavy atom. The summed E-state index contributed by atoms with van der Waals surface area (Å²) in [5.74, 6) is 0.0574. The molecule has 0 aliphatic rings. The van der Waals surface area contributed by atoms with E-state index in [9.17, 15) is 4.79 Å². The van der Waals surface area contributed by atoms with E-state index >= 15 is 0 Å². The molecule has 0 saturated carbocycles. The zero-order valence-corrected chi connectivity index (χ0v) is 11.8. The van der Waals surface area contributed by atoms with E-state index in [2.05, 4.69) is 19.1 Å².